The summed E-state index contributed by atoms with van der Waals surface area (Å²) in [5, 5.41) is 0. The molecule has 0 aromatic heterocycles. The van der Waals surface area contributed by atoms with E-state index in [1.807, 2.05) is 0 Å². The Hall–Kier alpha value is 3.15. The van der Waals surface area contributed by atoms with Crippen molar-refractivity contribution in [3.63, 3.8) is 0 Å². The molecule has 0 aliphatic carbocycles. The Balaban J connectivity index is -0.000000000833. The van der Waals surface area contributed by atoms with Crippen molar-refractivity contribution >= 4 is 48.9 Å². The van der Waals surface area contributed by atoms with Crippen LogP contribution in [0.1, 0.15) is 2.85 Å². The monoisotopic (exact) mass is 384 g/mol. The van der Waals surface area contributed by atoms with Crippen molar-refractivity contribution in [2.75, 3.05) is 0 Å². The molecule has 0 saturated heterocycles. The molecule has 1 nitrogen and oxygen atoms in total. The summed E-state index contributed by atoms with van der Waals surface area (Å²) in [5.74, 6) is 0. The molecular weight excluding hydrogens is 382 g/mol. The maximum atomic E-state index is 7.81. The quantitative estimate of drug-likeness (QED) is 0.526. The van der Waals surface area contributed by atoms with Crippen molar-refractivity contribution < 1.29 is 60.4 Å². The molecule has 0 heterocycles. The summed E-state index contributed by atoms with van der Waals surface area (Å²) in [7, 11) is 0. The first-order valence-electron chi connectivity index (χ1n) is 0.123. The molecule has 4 heteroatoms. The molecule has 0 bridgehead atoms. The molecule has 32 valence electrons. The van der Waals surface area contributed by atoms with Crippen LogP contribution in [-0.2, 0) is 19.8 Å². The van der Waals surface area contributed by atoms with E-state index in [-0.39, 0.29) is 89.5 Å². The van der Waals surface area contributed by atoms with E-state index >= 15 is 0 Å². The van der Waals surface area contributed by atoms with Crippen LogP contribution in [0.25, 0.3) is 0 Å². The summed E-state index contributed by atoms with van der Waals surface area (Å²) in [5.41, 5.74) is 0. The molecule has 0 rings (SSSR count). The van der Waals surface area contributed by atoms with Crippen LogP contribution in [-0.4, -0.2) is 48.9 Å². The third-order valence-corrected chi connectivity index (χ3v) is 0. The fourth-order valence-corrected chi connectivity index (χ4v) is 0. The SMILES string of the molecule is [Ba+2].[H-].[H-].[Ho].[O]=[Cu]. The van der Waals surface area contributed by atoms with Crippen LogP contribution >= 0.6 is 0 Å². The minimum absolute atomic E-state index is 0. The molecule has 0 aliphatic heterocycles. The van der Waals surface area contributed by atoms with Gasteiger partial charge in [-0.15, -0.1) is 0 Å². The first kappa shape index (κ1) is 15.7. The van der Waals surface area contributed by atoms with Crippen molar-refractivity contribution in [1.29, 1.82) is 0 Å². The first-order chi connectivity index (χ1) is 1.00. The van der Waals surface area contributed by atoms with Crippen LogP contribution in [0.3, 0.4) is 0 Å². The van der Waals surface area contributed by atoms with Gasteiger partial charge in [-0.1, -0.05) is 0 Å². The third-order valence-electron chi connectivity index (χ3n) is 0. The van der Waals surface area contributed by atoms with E-state index in [9.17, 15) is 0 Å². The van der Waals surface area contributed by atoms with Crippen LogP contribution in [0.2, 0.25) is 0 Å². The van der Waals surface area contributed by atoms with Crippen molar-refractivity contribution in [2.45, 2.75) is 0 Å². The van der Waals surface area contributed by atoms with Gasteiger partial charge < -0.3 is 2.85 Å². The summed E-state index contributed by atoms with van der Waals surface area (Å²) in [6.45, 7) is 0. The second kappa shape index (κ2) is 16.4. The summed E-state index contributed by atoms with van der Waals surface area (Å²) >= 11 is 2.94. The normalized spacial score (nSPS) is 1.50. The van der Waals surface area contributed by atoms with Gasteiger partial charge in [0.05, 0.1) is 0 Å². The van der Waals surface area contributed by atoms with Crippen molar-refractivity contribution in [3.8, 4) is 0 Å². The average Bonchev–Trinajstić information content (AvgIpc) is 1.00. The molecule has 1 radical (unpaired) electrons. The molecule has 0 unspecified atom stereocenters. The molecule has 0 fully saturated rings. The minimum atomic E-state index is 0. The van der Waals surface area contributed by atoms with Crippen LogP contribution in [0.15, 0.2) is 0 Å². The fraction of sp³-hybridized carbons (Fsp3) is 0. The zero-order chi connectivity index (χ0) is 2.00. The molecule has 0 aliphatic rings. The Kier molecular flexibility index (Phi) is 64.5. The molecule has 0 spiro atoms. The summed E-state index contributed by atoms with van der Waals surface area (Å²) < 4.78 is 7.81. The van der Waals surface area contributed by atoms with Crippen molar-refractivity contribution in [1.82, 2.24) is 0 Å². The van der Waals surface area contributed by atoms with Gasteiger partial charge >= 0.3 is 68.7 Å². The van der Waals surface area contributed by atoms with Gasteiger partial charge in [0.1, 0.15) is 0 Å². The molecule has 0 N–H and O–H groups in total. The molecule has 0 aromatic carbocycles. The van der Waals surface area contributed by atoms with E-state index < -0.39 is 0 Å². The number of rotatable bonds is 0. The zero-order valence-electron chi connectivity index (χ0n) is 3.72. The van der Waals surface area contributed by atoms with E-state index in [4.69, 9.17) is 3.83 Å². The molecule has 0 amide bonds. The zero-order valence-corrected chi connectivity index (χ0v) is 9.04. The average molecular weight is 384 g/mol. The summed E-state index contributed by atoms with van der Waals surface area (Å²) in [6, 6.07) is 0. The van der Waals surface area contributed by atoms with Crippen LogP contribution in [0, 0.1) is 37.7 Å². The molecule has 0 atom stereocenters. The van der Waals surface area contributed by atoms with E-state index in [1.54, 1.807) is 0 Å². The Morgan fingerprint density at radius 1 is 1.50 bits per heavy atom. The van der Waals surface area contributed by atoms with Crippen LogP contribution in [0.4, 0.5) is 0 Å². The topological polar surface area (TPSA) is 17.1 Å². The Morgan fingerprint density at radius 3 is 1.50 bits per heavy atom. The second-order valence-electron chi connectivity index (χ2n) is 0. The summed E-state index contributed by atoms with van der Waals surface area (Å²) in [6.07, 6.45) is 0. The maximum absolute atomic E-state index is 7.81. The van der Waals surface area contributed by atoms with Gasteiger partial charge in [-0.2, -0.15) is 0 Å². The predicted molar refractivity (Wildman–Crippen MR) is 8.66 cm³/mol. The predicted octanol–water partition coefficient (Wildman–Crippen LogP) is -0.277. The second-order valence-corrected chi connectivity index (χ2v) is 0. The molecule has 0 aromatic rings. The van der Waals surface area contributed by atoms with Gasteiger partial charge in [0.15, 0.2) is 0 Å². The Morgan fingerprint density at radius 2 is 1.50 bits per heavy atom. The van der Waals surface area contributed by atoms with E-state index in [2.05, 4.69) is 15.9 Å². The van der Waals surface area contributed by atoms with E-state index in [0.29, 0.717) is 0 Å². The van der Waals surface area contributed by atoms with Crippen molar-refractivity contribution in [3.05, 3.63) is 0 Å². The van der Waals surface area contributed by atoms with Gasteiger partial charge in [0, 0.05) is 37.7 Å². The molecule has 0 saturated carbocycles. The van der Waals surface area contributed by atoms with Gasteiger partial charge in [-0.25, -0.2) is 0 Å². The van der Waals surface area contributed by atoms with Gasteiger partial charge in [-0.3, -0.25) is 0 Å². The third kappa shape index (κ3) is 8.94. The standard InChI is InChI=1S/Ba.Cu.Ho.O.2H/q+2;;;;2*-1. The summed E-state index contributed by atoms with van der Waals surface area (Å²) in [4.78, 5) is 0. The number of hydrogen-bond donors (Lipinski definition) is 0. The van der Waals surface area contributed by atoms with Gasteiger partial charge in [-0.05, 0) is 0 Å². The fourth-order valence-electron chi connectivity index (χ4n) is 0. The number of hydrogen-bond acceptors (Lipinski definition) is 1. The van der Waals surface area contributed by atoms with Gasteiger partial charge in [0.25, 0.3) is 0 Å². The van der Waals surface area contributed by atoms with Crippen molar-refractivity contribution in [2.24, 2.45) is 0 Å². The molecule has 4 heavy (non-hydrogen) atoms. The van der Waals surface area contributed by atoms with E-state index in [0.717, 1.165) is 0 Å². The van der Waals surface area contributed by atoms with E-state index in [1.165, 1.54) is 0 Å². The van der Waals surface area contributed by atoms with Gasteiger partial charge in [0.2, 0.25) is 0 Å². The first-order valence-corrected chi connectivity index (χ1v) is 0.508. The van der Waals surface area contributed by atoms with Crippen LogP contribution in [0.5, 0.6) is 0 Å². The van der Waals surface area contributed by atoms with Crippen LogP contribution < -0.4 is 0 Å². The Bertz CT molecular complexity index is 13.5. The Labute approximate surface area is 106 Å². The molecular formula is H2BaCuHoO.